The molecule has 0 aromatic heterocycles. The summed E-state index contributed by atoms with van der Waals surface area (Å²) in [6.45, 7) is 1.57. The highest BCUT2D eigenvalue weighted by Crippen LogP contribution is 2.19. The molecule has 22 heavy (non-hydrogen) atoms. The number of allylic oxidation sites excluding steroid dienone is 2. The highest BCUT2D eigenvalue weighted by molar-refractivity contribution is 5.77. The molecular weight excluding hydrogens is 290 g/mol. The Morgan fingerprint density at radius 1 is 1.45 bits per heavy atom. The van der Waals surface area contributed by atoms with Crippen LogP contribution in [0.1, 0.15) is 12.5 Å². The van der Waals surface area contributed by atoms with Crippen molar-refractivity contribution in [2.75, 3.05) is 13.7 Å². The third-order valence-corrected chi connectivity index (χ3v) is 2.68. The van der Waals surface area contributed by atoms with E-state index in [-0.39, 0.29) is 6.61 Å². The van der Waals surface area contributed by atoms with Crippen molar-refractivity contribution < 1.29 is 24.3 Å². The molecule has 1 atom stereocenters. The van der Waals surface area contributed by atoms with Crippen molar-refractivity contribution in [3.05, 3.63) is 57.8 Å². The summed E-state index contributed by atoms with van der Waals surface area (Å²) in [5.74, 6) is -0.461. The van der Waals surface area contributed by atoms with Gasteiger partial charge in [0.2, 0.25) is 6.10 Å². The van der Waals surface area contributed by atoms with Gasteiger partial charge in [0.05, 0.1) is 18.6 Å². The second kappa shape index (κ2) is 8.58. The number of aliphatic hydroxyl groups excluding tert-OH is 1. The first-order chi connectivity index (χ1) is 10.5. The van der Waals surface area contributed by atoms with Crippen molar-refractivity contribution >= 4 is 12.0 Å². The van der Waals surface area contributed by atoms with Crippen LogP contribution in [-0.4, -0.2) is 35.8 Å². The standard InChI is InChI=1S/C15H17NO6/c1-3-22-15(18)14(17)12(16(19)20)9-6-8-11-7-4-5-10-13(11)21-2/h4-10,14,17H,3H2,1-2H3/b8-6+,12-9+. The lowest BCUT2D eigenvalue weighted by molar-refractivity contribution is -0.434. The van der Waals surface area contributed by atoms with Gasteiger partial charge in [0, 0.05) is 11.6 Å². The molecule has 1 rings (SSSR count). The molecule has 7 heteroatoms. The highest BCUT2D eigenvalue weighted by atomic mass is 16.6. The maximum Gasteiger partial charge on any atom is 0.346 e. The Bertz CT molecular complexity index is 593. The van der Waals surface area contributed by atoms with Crippen molar-refractivity contribution in [1.82, 2.24) is 0 Å². The molecule has 1 aromatic rings. The number of aliphatic hydroxyl groups is 1. The van der Waals surface area contributed by atoms with Crippen LogP contribution in [-0.2, 0) is 9.53 Å². The highest BCUT2D eigenvalue weighted by Gasteiger charge is 2.30. The topological polar surface area (TPSA) is 98.9 Å². The number of carbonyl (C=O) groups is 1. The van der Waals surface area contributed by atoms with Crippen molar-refractivity contribution in [2.24, 2.45) is 0 Å². The SMILES string of the molecule is CCOC(=O)C(O)/C(=C\C=C\c1ccccc1OC)[N+](=O)[O-]. The van der Waals surface area contributed by atoms with Crippen molar-refractivity contribution in [3.8, 4) is 5.75 Å². The van der Waals surface area contributed by atoms with E-state index in [4.69, 9.17) is 4.74 Å². The lowest BCUT2D eigenvalue weighted by Gasteiger charge is -2.06. The third kappa shape index (κ3) is 4.71. The average molecular weight is 307 g/mol. The predicted molar refractivity (Wildman–Crippen MR) is 79.7 cm³/mol. The number of benzene rings is 1. The number of nitrogens with zero attached hydrogens (tertiary/aromatic N) is 1. The second-order valence-corrected chi connectivity index (χ2v) is 4.10. The predicted octanol–water partition coefficient (Wildman–Crippen LogP) is 1.79. The molecule has 7 nitrogen and oxygen atoms in total. The molecule has 0 saturated heterocycles. The maximum atomic E-state index is 11.4. The zero-order valence-corrected chi connectivity index (χ0v) is 12.3. The van der Waals surface area contributed by atoms with Gasteiger partial charge in [-0.2, -0.15) is 0 Å². The first-order valence-corrected chi connectivity index (χ1v) is 6.51. The molecule has 0 spiro atoms. The molecule has 0 heterocycles. The molecule has 0 fully saturated rings. The first kappa shape index (κ1) is 17.4. The lowest BCUT2D eigenvalue weighted by atomic mass is 10.1. The normalized spacial score (nSPS) is 13.0. The van der Waals surface area contributed by atoms with Crippen LogP contribution in [0.3, 0.4) is 0 Å². The zero-order valence-electron chi connectivity index (χ0n) is 12.3. The van der Waals surface area contributed by atoms with Crippen molar-refractivity contribution in [3.63, 3.8) is 0 Å². The third-order valence-electron chi connectivity index (χ3n) is 2.68. The summed E-state index contributed by atoms with van der Waals surface area (Å²) in [4.78, 5) is 21.5. The minimum atomic E-state index is -1.93. The van der Waals surface area contributed by atoms with Gasteiger partial charge in [-0.3, -0.25) is 10.1 Å². The van der Waals surface area contributed by atoms with E-state index in [0.717, 1.165) is 6.08 Å². The van der Waals surface area contributed by atoms with E-state index in [9.17, 15) is 20.0 Å². The van der Waals surface area contributed by atoms with E-state index in [1.54, 1.807) is 37.3 Å². The number of para-hydroxylation sites is 1. The van der Waals surface area contributed by atoms with Crippen LogP contribution in [0.25, 0.3) is 6.08 Å². The van der Waals surface area contributed by atoms with Crippen LogP contribution < -0.4 is 4.74 Å². The van der Waals surface area contributed by atoms with Crippen LogP contribution in [0.15, 0.2) is 42.1 Å². The van der Waals surface area contributed by atoms with Crippen molar-refractivity contribution in [2.45, 2.75) is 13.0 Å². The average Bonchev–Trinajstić information content (AvgIpc) is 2.51. The number of methoxy groups -OCH3 is 1. The van der Waals surface area contributed by atoms with Crippen LogP contribution >= 0.6 is 0 Å². The number of hydrogen-bond acceptors (Lipinski definition) is 6. The molecule has 1 N–H and O–H groups in total. The molecule has 0 aliphatic heterocycles. The molecule has 0 radical (unpaired) electrons. The number of esters is 1. The number of ether oxygens (including phenoxy) is 2. The van der Waals surface area contributed by atoms with Crippen LogP contribution in [0.4, 0.5) is 0 Å². The molecule has 0 aliphatic carbocycles. The van der Waals surface area contributed by atoms with Crippen molar-refractivity contribution in [1.29, 1.82) is 0 Å². The van der Waals surface area contributed by atoms with Gasteiger partial charge in [-0.05, 0) is 13.0 Å². The second-order valence-electron chi connectivity index (χ2n) is 4.10. The minimum absolute atomic E-state index is 0.0257. The Hall–Kier alpha value is -2.67. The van der Waals surface area contributed by atoms with E-state index in [1.165, 1.54) is 13.2 Å². The summed E-state index contributed by atoms with van der Waals surface area (Å²) in [7, 11) is 1.51. The fourth-order valence-corrected chi connectivity index (χ4v) is 1.65. The van der Waals surface area contributed by atoms with Crippen LogP contribution in [0, 0.1) is 10.1 Å². The first-order valence-electron chi connectivity index (χ1n) is 6.51. The van der Waals surface area contributed by atoms with Gasteiger partial charge in [-0.15, -0.1) is 0 Å². The van der Waals surface area contributed by atoms with Gasteiger partial charge in [0.25, 0.3) is 5.70 Å². The van der Waals surface area contributed by atoms with E-state index in [2.05, 4.69) is 4.74 Å². The Morgan fingerprint density at radius 2 is 2.14 bits per heavy atom. The summed E-state index contributed by atoms with van der Waals surface area (Å²) in [6.07, 6.45) is 2.05. The molecule has 0 saturated carbocycles. The quantitative estimate of drug-likeness (QED) is 0.357. The summed E-state index contributed by atoms with van der Waals surface area (Å²) in [5, 5.41) is 20.6. The van der Waals surface area contributed by atoms with Gasteiger partial charge in [0.1, 0.15) is 5.75 Å². The van der Waals surface area contributed by atoms with Gasteiger partial charge < -0.3 is 14.6 Å². The molecule has 1 aromatic carbocycles. The maximum absolute atomic E-state index is 11.4. The number of carbonyl (C=O) groups excluding carboxylic acids is 1. The van der Waals surface area contributed by atoms with E-state index in [0.29, 0.717) is 11.3 Å². The van der Waals surface area contributed by atoms with E-state index in [1.807, 2.05) is 0 Å². The van der Waals surface area contributed by atoms with Gasteiger partial charge in [-0.25, -0.2) is 4.79 Å². The fraction of sp³-hybridized carbons (Fsp3) is 0.267. The summed E-state index contributed by atoms with van der Waals surface area (Å²) < 4.78 is 9.70. The lowest BCUT2D eigenvalue weighted by Crippen LogP contribution is -2.28. The van der Waals surface area contributed by atoms with Gasteiger partial charge in [0.15, 0.2) is 0 Å². The monoisotopic (exact) mass is 307 g/mol. The number of nitro groups is 1. The van der Waals surface area contributed by atoms with Crippen LogP contribution in [0.2, 0.25) is 0 Å². The molecule has 118 valence electrons. The minimum Gasteiger partial charge on any atom is -0.496 e. The molecule has 0 aliphatic rings. The Kier molecular flexibility index (Phi) is 6.78. The Labute approximate surface area is 127 Å². The number of rotatable bonds is 7. The summed E-state index contributed by atoms with van der Waals surface area (Å²) in [5.41, 5.74) is 0.0409. The fourth-order valence-electron chi connectivity index (χ4n) is 1.65. The summed E-state index contributed by atoms with van der Waals surface area (Å²) >= 11 is 0. The Balaban J connectivity index is 2.97. The van der Waals surface area contributed by atoms with Gasteiger partial charge >= 0.3 is 5.97 Å². The van der Waals surface area contributed by atoms with Crippen LogP contribution in [0.5, 0.6) is 5.75 Å². The Morgan fingerprint density at radius 3 is 2.73 bits per heavy atom. The summed E-state index contributed by atoms with van der Waals surface area (Å²) in [6, 6.07) is 7.08. The molecular formula is C15H17NO6. The molecule has 0 amide bonds. The zero-order chi connectivity index (χ0) is 16.5. The molecule has 1 unspecified atom stereocenters. The van der Waals surface area contributed by atoms with E-state index >= 15 is 0 Å². The number of hydrogen-bond donors (Lipinski definition) is 1. The largest absolute Gasteiger partial charge is 0.496 e. The van der Waals surface area contributed by atoms with E-state index < -0.39 is 22.7 Å². The molecule has 0 bridgehead atoms. The van der Waals surface area contributed by atoms with Gasteiger partial charge in [-0.1, -0.05) is 30.4 Å². The smallest absolute Gasteiger partial charge is 0.346 e.